The first-order valence-electron chi connectivity index (χ1n) is 6.60. The van der Waals surface area contributed by atoms with Gasteiger partial charge in [-0.2, -0.15) is 9.90 Å². The molecule has 7 nitrogen and oxygen atoms in total. The Bertz CT molecular complexity index is 624. The van der Waals surface area contributed by atoms with Crippen molar-refractivity contribution in [2.45, 2.75) is 13.3 Å². The van der Waals surface area contributed by atoms with E-state index in [1.165, 1.54) is 15.9 Å². The van der Waals surface area contributed by atoms with Crippen molar-refractivity contribution >= 4 is 11.9 Å². The Morgan fingerprint density at radius 1 is 1.29 bits per heavy atom. The van der Waals surface area contributed by atoms with Crippen molar-refractivity contribution in [1.82, 2.24) is 19.9 Å². The zero-order valence-electron chi connectivity index (χ0n) is 11.6. The van der Waals surface area contributed by atoms with Gasteiger partial charge in [-0.15, -0.1) is 5.10 Å². The van der Waals surface area contributed by atoms with Crippen LogP contribution in [-0.4, -0.2) is 50.0 Å². The first kappa shape index (κ1) is 14.7. The molecule has 0 saturated carbocycles. The second-order valence-electron chi connectivity index (χ2n) is 4.38. The average Bonchev–Trinajstić information content (AvgIpc) is 2.98. The zero-order valence-corrected chi connectivity index (χ0v) is 11.6. The molecule has 0 aliphatic carbocycles. The normalized spacial score (nSPS) is 10.3. The molecule has 1 aromatic carbocycles. The molecule has 0 bridgehead atoms. The number of amides is 1. The Hall–Kier alpha value is -2.70. The summed E-state index contributed by atoms with van der Waals surface area (Å²) in [5.74, 6) is -1.25. The van der Waals surface area contributed by atoms with E-state index >= 15 is 0 Å². The van der Waals surface area contributed by atoms with E-state index < -0.39 is 5.97 Å². The van der Waals surface area contributed by atoms with Gasteiger partial charge in [-0.05, 0) is 19.1 Å². The lowest BCUT2D eigenvalue weighted by Gasteiger charge is -2.18. The van der Waals surface area contributed by atoms with E-state index in [0.717, 1.165) is 5.69 Å². The third-order valence-corrected chi connectivity index (χ3v) is 2.96. The zero-order chi connectivity index (χ0) is 15.2. The molecule has 1 aromatic heterocycles. The molecule has 21 heavy (non-hydrogen) atoms. The largest absolute Gasteiger partial charge is 0.481 e. The molecule has 110 valence electrons. The minimum atomic E-state index is -0.936. The van der Waals surface area contributed by atoms with Crippen LogP contribution in [0.4, 0.5) is 0 Å². The molecule has 1 heterocycles. The van der Waals surface area contributed by atoms with Crippen LogP contribution in [0.25, 0.3) is 5.69 Å². The monoisotopic (exact) mass is 288 g/mol. The smallest absolute Gasteiger partial charge is 0.305 e. The van der Waals surface area contributed by atoms with Crippen molar-refractivity contribution in [1.29, 1.82) is 0 Å². The van der Waals surface area contributed by atoms with Crippen LogP contribution in [0.5, 0.6) is 0 Å². The van der Waals surface area contributed by atoms with Crippen LogP contribution in [0, 0.1) is 0 Å². The summed E-state index contributed by atoms with van der Waals surface area (Å²) in [6.07, 6.45) is 1.30. The van der Waals surface area contributed by atoms with Gasteiger partial charge in [0.25, 0.3) is 5.91 Å². The van der Waals surface area contributed by atoms with Crippen molar-refractivity contribution in [2.24, 2.45) is 0 Å². The number of rotatable bonds is 6. The predicted octanol–water partition coefficient (Wildman–Crippen LogP) is 1.20. The van der Waals surface area contributed by atoms with Crippen LogP contribution < -0.4 is 0 Å². The molecule has 2 rings (SSSR count). The molecule has 7 heteroatoms. The topological polar surface area (TPSA) is 88.3 Å². The third kappa shape index (κ3) is 3.65. The number of hydrogen-bond donors (Lipinski definition) is 1. The second-order valence-corrected chi connectivity index (χ2v) is 4.38. The highest BCUT2D eigenvalue weighted by atomic mass is 16.4. The fourth-order valence-corrected chi connectivity index (χ4v) is 1.84. The van der Waals surface area contributed by atoms with Gasteiger partial charge in [-0.25, -0.2) is 0 Å². The number of carbonyl (C=O) groups is 2. The van der Waals surface area contributed by atoms with Crippen LogP contribution in [0.15, 0.2) is 36.5 Å². The Balaban J connectivity index is 2.12. The van der Waals surface area contributed by atoms with Crippen LogP contribution in [0.2, 0.25) is 0 Å². The minimum absolute atomic E-state index is 0.0909. The van der Waals surface area contributed by atoms with Crippen LogP contribution in [0.1, 0.15) is 23.8 Å². The van der Waals surface area contributed by atoms with E-state index in [1.807, 2.05) is 30.3 Å². The van der Waals surface area contributed by atoms with Crippen LogP contribution in [-0.2, 0) is 4.79 Å². The van der Waals surface area contributed by atoms with Crippen molar-refractivity contribution in [2.75, 3.05) is 13.1 Å². The SMILES string of the molecule is CCN(CCC(=O)O)C(=O)c1cnn(-c2ccccc2)n1. The van der Waals surface area contributed by atoms with Gasteiger partial charge < -0.3 is 10.0 Å². The number of benzene rings is 1. The molecule has 0 atom stereocenters. The van der Waals surface area contributed by atoms with E-state index in [2.05, 4.69) is 10.2 Å². The van der Waals surface area contributed by atoms with Gasteiger partial charge >= 0.3 is 5.97 Å². The highest BCUT2D eigenvalue weighted by Gasteiger charge is 2.18. The molecule has 1 N–H and O–H groups in total. The first-order valence-corrected chi connectivity index (χ1v) is 6.60. The number of hydrogen-bond acceptors (Lipinski definition) is 4. The number of carboxylic acid groups (broad SMARTS) is 1. The lowest BCUT2D eigenvalue weighted by Crippen LogP contribution is -2.33. The maximum atomic E-state index is 12.3. The lowest BCUT2D eigenvalue weighted by atomic mass is 10.3. The van der Waals surface area contributed by atoms with Gasteiger partial charge in [-0.1, -0.05) is 18.2 Å². The highest BCUT2D eigenvalue weighted by Crippen LogP contribution is 2.06. The van der Waals surface area contributed by atoms with Gasteiger partial charge in [0.2, 0.25) is 0 Å². The molecule has 0 spiro atoms. The fourth-order valence-electron chi connectivity index (χ4n) is 1.84. The van der Waals surface area contributed by atoms with Crippen molar-refractivity contribution in [3.63, 3.8) is 0 Å². The van der Waals surface area contributed by atoms with Gasteiger partial charge in [-0.3, -0.25) is 9.59 Å². The Morgan fingerprint density at radius 2 is 2.00 bits per heavy atom. The lowest BCUT2D eigenvalue weighted by molar-refractivity contribution is -0.137. The summed E-state index contributed by atoms with van der Waals surface area (Å²) < 4.78 is 0. The summed E-state index contributed by atoms with van der Waals surface area (Å²) in [6.45, 7) is 2.37. The van der Waals surface area contributed by atoms with E-state index in [1.54, 1.807) is 6.92 Å². The van der Waals surface area contributed by atoms with Gasteiger partial charge in [0.15, 0.2) is 5.69 Å². The summed E-state index contributed by atoms with van der Waals surface area (Å²) >= 11 is 0. The molecule has 0 aliphatic heterocycles. The van der Waals surface area contributed by atoms with Gasteiger partial charge in [0.1, 0.15) is 0 Å². The van der Waals surface area contributed by atoms with Gasteiger partial charge in [0, 0.05) is 13.1 Å². The van der Waals surface area contributed by atoms with E-state index in [0.29, 0.717) is 6.54 Å². The summed E-state index contributed by atoms with van der Waals surface area (Å²) in [5, 5.41) is 16.9. The maximum Gasteiger partial charge on any atom is 0.305 e. The molecule has 1 amide bonds. The van der Waals surface area contributed by atoms with E-state index in [9.17, 15) is 9.59 Å². The first-order chi connectivity index (χ1) is 10.1. The molecule has 0 unspecified atom stereocenters. The summed E-state index contributed by atoms with van der Waals surface area (Å²) in [5.41, 5.74) is 0.955. The van der Waals surface area contributed by atoms with E-state index in [-0.39, 0.29) is 24.6 Å². The Kier molecular flexibility index (Phi) is 4.65. The number of carbonyl (C=O) groups excluding carboxylic acids is 1. The molecule has 0 fully saturated rings. The fraction of sp³-hybridized carbons (Fsp3) is 0.286. The van der Waals surface area contributed by atoms with Crippen molar-refractivity contribution in [3.8, 4) is 5.69 Å². The average molecular weight is 288 g/mol. The molecule has 0 saturated heterocycles. The minimum Gasteiger partial charge on any atom is -0.481 e. The number of aliphatic carboxylic acids is 1. The summed E-state index contributed by atoms with van der Waals surface area (Å²) in [7, 11) is 0. The van der Waals surface area contributed by atoms with Crippen LogP contribution >= 0.6 is 0 Å². The maximum absolute atomic E-state index is 12.3. The number of para-hydroxylation sites is 1. The Labute approximate surface area is 121 Å². The molecule has 0 aliphatic rings. The quantitative estimate of drug-likeness (QED) is 0.863. The molecular weight excluding hydrogens is 272 g/mol. The number of carboxylic acids is 1. The van der Waals surface area contributed by atoms with Crippen LogP contribution in [0.3, 0.4) is 0 Å². The standard InChI is InChI=1S/C14H16N4O3/c1-2-17(9-8-13(19)20)14(21)12-10-15-18(16-12)11-6-4-3-5-7-11/h3-7,10H,2,8-9H2,1H3,(H,19,20). The third-order valence-electron chi connectivity index (χ3n) is 2.96. The molecular formula is C14H16N4O3. The molecule has 0 radical (unpaired) electrons. The Morgan fingerprint density at radius 3 is 2.62 bits per heavy atom. The predicted molar refractivity (Wildman–Crippen MR) is 75.2 cm³/mol. The number of nitrogens with zero attached hydrogens (tertiary/aromatic N) is 4. The second kappa shape index (κ2) is 6.65. The summed E-state index contributed by atoms with van der Waals surface area (Å²) in [6, 6.07) is 9.24. The summed E-state index contributed by atoms with van der Waals surface area (Å²) in [4.78, 5) is 25.7. The highest BCUT2D eigenvalue weighted by molar-refractivity contribution is 5.92. The number of aromatic nitrogens is 3. The van der Waals surface area contributed by atoms with Crippen molar-refractivity contribution in [3.05, 3.63) is 42.2 Å². The van der Waals surface area contributed by atoms with Crippen molar-refractivity contribution < 1.29 is 14.7 Å². The van der Waals surface area contributed by atoms with Gasteiger partial charge in [0.05, 0.1) is 18.3 Å². The van der Waals surface area contributed by atoms with E-state index in [4.69, 9.17) is 5.11 Å². The molecule has 2 aromatic rings.